The topological polar surface area (TPSA) is 50.7 Å². The van der Waals surface area contributed by atoms with Crippen molar-refractivity contribution in [2.75, 3.05) is 26.4 Å². The number of nitrogens with one attached hydrogen (secondary N) is 1. The zero-order valence-electron chi connectivity index (χ0n) is 11.9. The van der Waals surface area contributed by atoms with E-state index in [4.69, 9.17) is 9.47 Å². The first kappa shape index (κ1) is 16.0. The Morgan fingerprint density at radius 3 is 2.53 bits per heavy atom. The molecule has 1 unspecified atom stereocenters. The number of aliphatic hydroxyl groups is 1. The number of hydrogen-bond donors (Lipinski definition) is 2. The highest BCUT2D eigenvalue weighted by Crippen LogP contribution is 2.12. The van der Waals surface area contributed by atoms with E-state index in [0.29, 0.717) is 13.2 Å². The Bertz CT molecular complexity index is 327. The standard InChI is InChI=1S/C15H25NO3/c1-3-9-16-10-13-5-7-15(8-6-13)19-12-14(17)11-18-4-2/h5-8,14,16-17H,3-4,9-12H2,1-2H3. The van der Waals surface area contributed by atoms with Crippen molar-refractivity contribution in [3.05, 3.63) is 29.8 Å². The first-order valence-electron chi connectivity index (χ1n) is 6.94. The van der Waals surface area contributed by atoms with E-state index in [2.05, 4.69) is 12.2 Å². The molecular weight excluding hydrogens is 242 g/mol. The lowest BCUT2D eigenvalue weighted by Gasteiger charge is -2.12. The van der Waals surface area contributed by atoms with E-state index >= 15 is 0 Å². The van der Waals surface area contributed by atoms with Crippen LogP contribution in [0, 0.1) is 0 Å². The summed E-state index contributed by atoms with van der Waals surface area (Å²) in [4.78, 5) is 0. The SMILES string of the molecule is CCCNCc1ccc(OCC(O)COCC)cc1. The van der Waals surface area contributed by atoms with Crippen LogP contribution < -0.4 is 10.1 Å². The van der Waals surface area contributed by atoms with Gasteiger partial charge in [0.2, 0.25) is 0 Å². The minimum Gasteiger partial charge on any atom is -0.491 e. The molecule has 1 rings (SSSR count). The Labute approximate surface area is 115 Å². The van der Waals surface area contributed by atoms with Crippen LogP contribution in [0.15, 0.2) is 24.3 Å². The van der Waals surface area contributed by atoms with E-state index in [1.807, 2.05) is 31.2 Å². The third kappa shape index (κ3) is 7.15. The van der Waals surface area contributed by atoms with Crippen molar-refractivity contribution >= 4 is 0 Å². The fourth-order valence-corrected chi connectivity index (χ4v) is 1.61. The summed E-state index contributed by atoms with van der Waals surface area (Å²) in [5.41, 5.74) is 1.23. The van der Waals surface area contributed by atoms with Crippen molar-refractivity contribution in [1.29, 1.82) is 0 Å². The van der Waals surface area contributed by atoms with Gasteiger partial charge in [-0.2, -0.15) is 0 Å². The number of rotatable bonds is 10. The summed E-state index contributed by atoms with van der Waals surface area (Å²) in [6, 6.07) is 7.92. The molecule has 4 heteroatoms. The molecule has 0 aliphatic heterocycles. The summed E-state index contributed by atoms with van der Waals surface area (Å²) in [6.45, 7) is 7.14. The van der Waals surface area contributed by atoms with E-state index in [9.17, 15) is 5.11 Å². The van der Waals surface area contributed by atoms with E-state index in [-0.39, 0.29) is 6.61 Å². The zero-order valence-corrected chi connectivity index (χ0v) is 11.9. The van der Waals surface area contributed by atoms with Crippen molar-refractivity contribution < 1.29 is 14.6 Å². The summed E-state index contributed by atoms with van der Waals surface area (Å²) in [5.74, 6) is 0.773. The Morgan fingerprint density at radius 1 is 1.16 bits per heavy atom. The first-order chi connectivity index (χ1) is 9.26. The fourth-order valence-electron chi connectivity index (χ4n) is 1.61. The molecule has 2 N–H and O–H groups in total. The summed E-state index contributed by atoms with van der Waals surface area (Å²) >= 11 is 0. The van der Waals surface area contributed by atoms with Crippen LogP contribution in [0.3, 0.4) is 0 Å². The number of hydrogen-bond acceptors (Lipinski definition) is 4. The van der Waals surface area contributed by atoms with Gasteiger partial charge in [-0.15, -0.1) is 0 Å². The highest BCUT2D eigenvalue weighted by molar-refractivity contribution is 5.27. The molecule has 0 saturated heterocycles. The molecule has 0 fully saturated rings. The van der Waals surface area contributed by atoms with Crippen molar-refractivity contribution in [3.63, 3.8) is 0 Å². The highest BCUT2D eigenvalue weighted by Gasteiger charge is 2.04. The molecule has 1 aromatic carbocycles. The number of benzene rings is 1. The van der Waals surface area contributed by atoms with Gasteiger partial charge in [0.05, 0.1) is 6.61 Å². The predicted octanol–water partition coefficient (Wildman–Crippen LogP) is 1.96. The van der Waals surface area contributed by atoms with Gasteiger partial charge in [0.25, 0.3) is 0 Å². The van der Waals surface area contributed by atoms with Crippen molar-refractivity contribution in [2.24, 2.45) is 0 Å². The van der Waals surface area contributed by atoms with Crippen molar-refractivity contribution in [1.82, 2.24) is 5.32 Å². The van der Waals surface area contributed by atoms with Crippen LogP contribution in [0.1, 0.15) is 25.8 Å². The Kier molecular flexibility index (Phi) is 8.21. The van der Waals surface area contributed by atoms with Crippen LogP contribution in [-0.2, 0) is 11.3 Å². The van der Waals surface area contributed by atoms with Gasteiger partial charge in [-0.25, -0.2) is 0 Å². The second-order valence-corrected chi connectivity index (χ2v) is 4.45. The van der Waals surface area contributed by atoms with Gasteiger partial charge in [0.15, 0.2) is 0 Å². The van der Waals surface area contributed by atoms with Crippen LogP contribution in [0.25, 0.3) is 0 Å². The average Bonchev–Trinajstić information content (AvgIpc) is 2.44. The van der Waals surface area contributed by atoms with Crippen LogP contribution in [-0.4, -0.2) is 37.6 Å². The summed E-state index contributed by atoms with van der Waals surface area (Å²) in [5, 5.41) is 12.9. The van der Waals surface area contributed by atoms with Crippen molar-refractivity contribution in [3.8, 4) is 5.75 Å². The van der Waals surface area contributed by atoms with Crippen LogP contribution in [0.5, 0.6) is 5.75 Å². The quantitative estimate of drug-likeness (QED) is 0.636. The molecule has 0 heterocycles. The molecule has 19 heavy (non-hydrogen) atoms. The largest absolute Gasteiger partial charge is 0.491 e. The van der Waals surface area contributed by atoms with Crippen LogP contribution in [0.2, 0.25) is 0 Å². The smallest absolute Gasteiger partial charge is 0.119 e. The average molecular weight is 267 g/mol. The molecule has 108 valence electrons. The maximum Gasteiger partial charge on any atom is 0.119 e. The maximum atomic E-state index is 9.58. The monoisotopic (exact) mass is 267 g/mol. The third-order valence-corrected chi connectivity index (χ3v) is 2.64. The zero-order chi connectivity index (χ0) is 13.9. The lowest BCUT2D eigenvalue weighted by atomic mass is 10.2. The Hall–Kier alpha value is -1.10. The van der Waals surface area contributed by atoms with Crippen molar-refractivity contribution in [2.45, 2.75) is 32.9 Å². The van der Waals surface area contributed by atoms with Gasteiger partial charge in [0.1, 0.15) is 18.5 Å². The van der Waals surface area contributed by atoms with Gasteiger partial charge in [-0.3, -0.25) is 0 Å². The summed E-state index contributed by atoms with van der Waals surface area (Å²) < 4.78 is 10.6. The predicted molar refractivity (Wildman–Crippen MR) is 76.4 cm³/mol. The van der Waals surface area contributed by atoms with Gasteiger partial charge in [-0.1, -0.05) is 19.1 Å². The van der Waals surface area contributed by atoms with E-state index < -0.39 is 6.10 Å². The molecule has 0 aliphatic carbocycles. The normalized spacial score (nSPS) is 12.4. The van der Waals surface area contributed by atoms with E-state index in [0.717, 1.165) is 25.3 Å². The van der Waals surface area contributed by atoms with Gasteiger partial charge in [-0.05, 0) is 37.6 Å². The molecular formula is C15H25NO3. The molecule has 0 radical (unpaired) electrons. The molecule has 4 nitrogen and oxygen atoms in total. The summed E-state index contributed by atoms with van der Waals surface area (Å²) in [6.07, 6.45) is 0.560. The second kappa shape index (κ2) is 9.78. The molecule has 0 spiro atoms. The maximum absolute atomic E-state index is 9.58. The third-order valence-electron chi connectivity index (χ3n) is 2.64. The number of aliphatic hydroxyl groups excluding tert-OH is 1. The minimum atomic E-state index is -0.578. The molecule has 0 saturated carbocycles. The molecule has 0 bridgehead atoms. The minimum absolute atomic E-state index is 0.257. The molecule has 0 amide bonds. The lowest BCUT2D eigenvalue weighted by molar-refractivity contribution is 0.0164. The Balaban J connectivity index is 2.27. The van der Waals surface area contributed by atoms with E-state index in [1.165, 1.54) is 5.56 Å². The number of ether oxygens (including phenoxy) is 2. The van der Waals surface area contributed by atoms with Crippen LogP contribution in [0.4, 0.5) is 0 Å². The highest BCUT2D eigenvalue weighted by atomic mass is 16.5. The van der Waals surface area contributed by atoms with Gasteiger partial charge in [0, 0.05) is 13.2 Å². The molecule has 0 aromatic heterocycles. The summed E-state index contributed by atoms with van der Waals surface area (Å²) in [7, 11) is 0. The van der Waals surface area contributed by atoms with Crippen LogP contribution >= 0.6 is 0 Å². The molecule has 0 aliphatic rings. The van der Waals surface area contributed by atoms with Gasteiger partial charge < -0.3 is 19.9 Å². The molecule has 1 atom stereocenters. The Morgan fingerprint density at radius 2 is 1.89 bits per heavy atom. The van der Waals surface area contributed by atoms with Gasteiger partial charge >= 0.3 is 0 Å². The first-order valence-corrected chi connectivity index (χ1v) is 6.94. The van der Waals surface area contributed by atoms with E-state index in [1.54, 1.807) is 0 Å². The molecule has 1 aromatic rings. The second-order valence-electron chi connectivity index (χ2n) is 4.45. The lowest BCUT2D eigenvalue weighted by Crippen LogP contribution is -2.23. The fraction of sp³-hybridized carbons (Fsp3) is 0.600.